The minimum Gasteiger partial charge on any atom is -0.496 e. The van der Waals surface area contributed by atoms with Crippen LogP contribution in [0.1, 0.15) is 124 Å². The molecule has 6 aromatic carbocycles. The summed E-state index contributed by atoms with van der Waals surface area (Å²) in [7, 11) is 7.99. The SMILES string of the molecule is CN(C)C[C@H](N)Cc1ccccc1.COc1c(CN2O[C@@H](CO)C([C@H](C)O)[C@H]2C(=O)N[C@H]2C[C@H]3C[C@@H]([C@@H]2C)C3(C)C)cccc1-c1cc(C(=O)O)cc(N(C)CCS(C)(=O)=O)c1.COc1c(CN2O[C@@H](CO)[C@@H]([C@H](C)O)[C@H]2C(=O)NC2C[C@H]3C[C@@H]([C@@H]2C)C3(C)C)cccc1-c1cc(C(=O)N[C@@H](Cc2ccccc2)CN(C)C)cc(N(C)CCNS(C)(=O)=O)c1. The molecule has 14 rings (SSSR count). The third-order valence-electron chi connectivity index (χ3n) is 27.0. The van der Waals surface area contributed by atoms with Gasteiger partial charge in [0.2, 0.25) is 21.8 Å². The number of nitrogens with one attached hydrogen (secondary N) is 4. The second-order valence-corrected chi connectivity index (χ2v) is 41.4. The summed E-state index contributed by atoms with van der Waals surface area (Å²) in [6.45, 7) is 18.5. The summed E-state index contributed by atoms with van der Waals surface area (Å²) in [6.07, 6.45) is 4.49. The number of hydroxylamine groups is 4. The van der Waals surface area contributed by atoms with Gasteiger partial charge >= 0.3 is 5.97 Å². The lowest BCUT2D eigenvalue weighted by Gasteiger charge is -2.62. The molecule has 28 nitrogen and oxygen atoms in total. The molecule has 30 heteroatoms. The number of ether oxygens (including phenoxy) is 2. The van der Waals surface area contributed by atoms with E-state index in [1.54, 1.807) is 62.2 Å². The molecule has 0 aromatic heterocycles. The van der Waals surface area contributed by atoms with E-state index in [0.717, 1.165) is 43.9 Å². The zero-order chi connectivity index (χ0) is 90.8. The van der Waals surface area contributed by atoms with Crippen LogP contribution in [0, 0.1) is 58.2 Å². The number of amides is 3. The Balaban J connectivity index is 0.000000230. The molecule has 18 atom stereocenters. The van der Waals surface area contributed by atoms with Gasteiger partial charge in [0.25, 0.3) is 5.91 Å². The zero-order valence-electron chi connectivity index (χ0n) is 75.6. The molecular weight excluding hydrogens is 1620 g/mol. The van der Waals surface area contributed by atoms with Crippen molar-refractivity contribution in [2.75, 3.05) is 131 Å². The van der Waals surface area contributed by atoms with Crippen LogP contribution in [0.5, 0.6) is 11.5 Å². The number of rotatable bonds is 36. The van der Waals surface area contributed by atoms with Gasteiger partial charge in [-0.1, -0.05) is 139 Å². The van der Waals surface area contributed by atoms with Gasteiger partial charge in [-0.2, -0.15) is 10.1 Å². The van der Waals surface area contributed by atoms with Crippen LogP contribution in [0.4, 0.5) is 11.4 Å². The maximum atomic E-state index is 14.4. The first-order valence-electron chi connectivity index (χ1n) is 43.4. The summed E-state index contributed by atoms with van der Waals surface area (Å²) in [6, 6.07) is 40.1. The third kappa shape index (κ3) is 24.2. The average Bonchev–Trinajstić information content (AvgIpc) is 0.783. The molecular formula is C94H137N11O17S2. The number of carboxylic acid groups (broad SMARTS) is 1. The Morgan fingerprint density at radius 3 is 1.40 bits per heavy atom. The van der Waals surface area contributed by atoms with Crippen molar-refractivity contribution in [3.8, 4) is 33.8 Å². The van der Waals surface area contributed by atoms with Gasteiger partial charge in [0.05, 0.1) is 70.3 Å². The Kier molecular flexibility index (Phi) is 33.3. The number of carboxylic acids is 1. The fourth-order valence-corrected chi connectivity index (χ4v) is 21.1. The van der Waals surface area contributed by atoms with Crippen molar-refractivity contribution < 1.29 is 80.7 Å². The molecule has 8 aliphatic rings. The number of hydrogen-bond acceptors (Lipinski definition) is 23. The highest BCUT2D eigenvalue weighted by molar-refractivity contribution is 7.90. The van der Waals surface area contributed by atoms with E-state index in [-0.39, 0.29) is 103 Å². The number of sulfone groups is 1. The highest BCUT2D eigenvalue weighted by atomic mass is 32.2. The van der Waals surface area contributed by atoms with Gasteiger partial charge in [-0.3, -0.25) is 24.1 Å². The van der Waals surface area contributed by atoms with Gasteiger partial charge in [0.1, 0.15) is 45.6 Å². The van der Waals surface area contributed by atoms with Crippen LogP contribution < -0.4 is 45.7 Å². The van der Waals surface area contributed by atoms with E-state index in [9.17, 15) is 61.5 Å². The number of carbonyl (C=O) groups excluding carboxylic acids is 3. The van der Waals surface area contributed by atoms with Gasteiger partial charge in [0, 0.05) is 128 Å². The minimum absolute atomic E-state index is 0.00177. The number of hydrogen-bond donors (Lipinski definition) is 10. The molecule has 6 aromatic rings. The molecule has 2 heterocycles. The number of carbonyl (C=O) groups is 4. The number of methoxy groups -OCH3 is 2. The topological polar surface area (TPSA) is 368 Å². The van der Waals surface area contributed by atoms with Crippen LogP contribution in [-0.4, -0.2) is 267 Å². The lowest BCUT2D eigenvalue weighted by atomic mass is 9.45. The first-order chi connectivity index (χ1) is 58.4. The normalized spacial score (nSPS) is 25.3. The maximum absolute atomic E-state index is 14.4. The molecule has 682 valence electrons. The fourth-order valence-electron chi connectivity index (χ4n) is 20.1. The van der Waals surface area contributed by atoms with E-state index in [2.05, 4.69) is 91.4 Å². The molecule has 0 radical (unpaired) electrons. The third-order valence-corrected chi connectivity index (χ3v) is 28.7. The molecule has 2 unspecified atom stereocenters. The van der Waals surface area contributed by atoms with Crippen LogP contribution in [-0.2, 0) is 65.1 Å². The van der Waals surface area contributed by atoms with Crippen molar-refractivity contribution in [1.82, 2.24) is 40.6 Å². The number of nitrogens with two attached hydrogens (primary N) is 1. The molecule has 11 N–H and O–H groups in total. The summed E-state index contributed by atoms with van der Waals surface area (Å²) >= 11 is 0. The zero-order valence-corrected chi connectivity index (χ0v) is 77.3. The lowest BCUT2D eigenvalue weighted by Crippen LogP contribution is -2.62. The first kappa shape index (κ1) is 98.0. The standard InChI is InChI=1S/C47H68N6O8S.C36H51N3O9S.C11H18N2/c1-29-39-24-35(47(39,3)4)25-40(29)50-46(57)43-42(30(2)55)41(28-54)61-53(43)26-32-16-13-17-38(44(32)60-8)33-21-34(23-37(22-33)52(7)19-18-48-62(9,58)59)45(56)49-36(27-51(5)6)20-31-14-11-10-12-15-31;1-20-28-16-25(36(28,3)4)17-29(20)37-34(42)32-31(21(2)41)30(19-40)48-39(32)18-22-9-8-10-27(33(22)47-6)23-13-24(35(43)44)15-26(14-23)38(5)11-12-49(7,45)46;1-13(2)9-11(12)8-10-6-4-3-5-7-10/h10-17,21-23,29-30,35-36,39-43,48,54-55H,18-20,24-28H2,1-9H3,(H,49,56)(H,50,57);8-10,13-15,20-21,25,28-32,40-41H,11-12,16-19H2,1-7H3,(H,37,42)(H,43,44);3-7,11H,8-9,12H2,1-2H3/t29-,30-,35+,36-,39-,40?,41-,42+,43-;20-,21-,25+,28-,29-,30-,31?,32-;11-/m001/s1. The number of likely N-dealkylation sites (N-methyl/N-ethyl adjacent to an activating group) is 3. The number of nitrogens with zero attached hydrogens (tertiary/aromatic N) is 6. The van der Waals surface area contributed by atoms with Crippen molar-refractivity contribution >= 4 is 54.9 Å². The van der Waals surface area contributed by atoms with Gasteiger partial charge in [0.15, 0.2) is 0 Å². The van der Waals surface area contributed by atoms with Crippen LogP contribution in [0.2, 0.25) is 0 Å². The lowest BCUT2D eigenvalue weighted by molar-refractivity contribution is -0.183. The smallest absolute Gasteiger partial charge is 0.335 e. The van der Waals surface area contributed by atoms with Crippen LogP contribution in [0.15, 0.2) is 133 Å². The van der Waals surface area contributed by atoms with Gasteiger partial charge in [-0.15, -0.1) is 0 Å². The monoisotopic (exact) mass is 1760 g/mol. The van der Waals surface area contributed by atoms with Gasteiger partial charge < -0.3 is 76.3 Å². The van der Waals surface area contributed by atoms with Crippen molar-refractivity contribution in [2.24, 2.45) is 63.9 Å². The van der Waals surface area contributed by atoms with Crippen molar-refractivity contribution in [2.45, 2.75) is 168 Å². The van der Waals surface area contributed by atoms with Gasteiger partial charge in [-0.25, -0.2) is 26.4 Å². The number of aliphatic hydroxyl groups is 4. The van der Waals surface area contributed by atoms with E-state index in [1.165, 1.54) is 42.7 Å². The summed E-state index contributed by atoms with van der Waals surface area (Å²) in [4.78, 5) is 75.2. The van der Waals surface area contributed by atoms with Gasteiger partial charge in [-0.05, 0) is 186 Å². The highest BCUT2D eigenvalue weighted by Gasteiger charge is 2.59. The second kappa shape index (κ2) is 42.2. The first-order valence-corrected chi connectivity index (χ1v) is 47.3. The molecule has 6 aliphatic carbocycles. The van der Waals surface area contributed by atoms with Crippen molar-refractivity contribution in [1.29, 1.82) is 0 Å². The summed E-state index contributed by atoms with van der Waals surface area (Å²) in [5.74, 6) is 0.270. The molecule has 8 fully saturated rings. The Morgan fingerprint density at radius 1 is 0.581 bits per heavy atom. The predicted octanol–water partition coefficient (Wildman–Crippen LogP) is 8.23. The molecule has 4 bridgehead atoms. The Labute approximate surface area is 734 Å². The summed E-state index contributed by atoms with van der Waals surface area (Å²) < 4.78 is 62.0. The van der Waals surface area contributed by atoms with E-state index in [0.29, 0.717) is 117 Å². The maximum Gasteiger partial charge on any atom is 0.335 e. The second-order valence-electron chi connectivity index (χ2n) is 37.3. The van der Waals surface area contributed by atoms with Crippen molar-refractivity contribution in [3.63, 3.8) is 0 Å². The average molecular weight is 1760 g/mol. The number of aromatic carboxylic acids is 1. The van der Waals surface area contributed by atoms with Crippen molar-refractivity contribution in [3.05, 3.63) is 167 Å². The minimum atomic E-state index is -3.41. The Bertz CT molecular complexity index is 4830. The number of para-hydroxylation sites is 2. The van der Waals surface area contributed by atoms with Crippen LogP contribution >= 0.6 is 0 Å². The predicted molar refractivity (Wildman–Crippen MR) is 485 cm³/mol. The molecule has 6 saturated carbocycles. The molecule has 124 heavy (non-hydrogen) atoms. The molecule has 2 saturated heterocycles. The number of aliphatic hydroxyl groups excluding tert-OH is 4. The number of anilines is 2. The fraction of sp³-hybridized carbons (Fsp3) is 0.574. The Hall–Kier alpha value is -8.18. The summed E-state index contributed by atoms with van der Waals surface area (Å²) in [5, 5.41) is 65.5. The van der Waals surface area contributed by atoms with Crippen LogP contribution in [0.3, 0.4) is 0 Å². The van der Waals surface area contributed by atoms with Crippen LogP contribution in [0.25, 0.3) is 22.3 Å². The molecule has 3 amide bonds. The van der Waals surface area contributed by atoms with E-state index in [4.69, 9.17) is 24.9 Å². The number of fused-ring (bicyclic) bond motifs is 4. The number of benzene rings is 6. The largest absolute Gasteiger partial charge is 0.496 e. The van der Waals surface area contributed by atoms with E-state index >= 15 is 0 Å². The van der Waals surface area contributed by atoms with E-state index < -0.39 is 74.2 Å². The summed E-state index contributed by atoms with van der Waals surface area (Å²) in [5.41, 5.74) is 14.4. The number of sulfonamides is 1. The molecule has 2 aliphatic heterocycles. The van der Waals surface area contributed by atoms with E-state index in [1.807, 2.05) is 118 Å². The molecule has 0 spiro atoms. The quantitative estimate of drug-likeness (QED) is 0.0177. The highest BCUT2D eigenvalue weighted by Crippen LogP contribution is 2.62. The Morgan fingerprint density at radius 2 is 1.01 bits per heavy atom.